The zero-order chi connectivity index (χ0) is 14.7. The molecule has 12 N–H and O–H groups in total. The minimum Gasteiger partial charge on any atom is -0.550 e. The monoisotopic (exact) mass is 319 g/mol. The number of rotatable bonds is 6. The van der Waals surface area contributed by atoms with E-state index in [1.807, 2.05) is 0 Å². The van der Waals surface area contributed by atoms with E-state index in [9.17, 15) is 29.7 Å². The van der Waals surface area contributed by atoms with Gasteiger partial charge in [0.2, 0.25) is 0 Å². The van der Waals surface area contributed by atoms with Crippen molar-refractivity contribution in [1.82, 2.24) is 18.5 Å². The molecule has 0 aliphatic heterocycles. The van der Waals surface area contributed by atoms with Crippen LogP contribution in [0.15, 0.2) is 30.3 Å². The first kappa shape index (κ1) is 27.8. The van der Waals surface area contributed by atoms with Crippen molar-refractivity contribution in [3.63, 3.8) is 0 Å². The van der Waals surface area contributed by atoms with Crippen molar-refractivity contribution in [1.29, 1.82) is 0 Å². The molecule has 1 aromatic carbocycles. The molecular formula is C13H25N3O6. The Morgan fingerprint density at radius 1 is 0.727 bits per heavy atom. The quantitative estimate of drug-likeness (QED) is 0.568. The summed E-state index contributed by atoms with van der Waals surface area (Å²) < 4.78 is 0. The Morgan fingerprint density at radius 3 is 1.32 bits per heavy atom. The Kier molecular flexibility index (Phi) is 20.9. The zero-order valence-electron chi connectivity index (χ0n) is 13.2. The molecule has 0 saturated carbocycles. The normalized spacial score (nSPS) is 7.82. The van der Waals surface area contributed by atoms with Gasteiger partial charge in [-0.15, -0.1) is 0 Å². The van der Waals surface area contributed by atoms with Crippen molar-refractivity contribution < 1.29 is 29.7 Å². The second kappa shape index (κ2) is 16.6. The number of hydrogen-bond acceptors (Lipinski definition) is 6. The number of carboxylic acid groups (broad SMARTS) is 3. The molecule has 0 unspecified atom stereocenters. The standard InChI is InChI=1S/C7H6O2.C6H10O4.3H3N/c8-7(9)6-4-2-1-3-5-6;7-5(8)3-1-2-4-6(9)10;;;/h1-5H,(H,8,9);1-4H2,(H,7,8)(H,9,10);3*1H3. The number of carbonyl (C=O) groups excluding carboxylic acids is 3. The minimum absolute atomic E-state index is 0. The lowest BCUT2D eigenvalue weighted by molar-refractivity contribution is -0.308. The SMILES string of the molecule is O=C([O-])CCCCC(=O)[O-].O=C([O-])c1ccccc1.[NH4+].[NH4+].[NH4+]. The molecule has 1 rings (SSSR count). The number of aromatic carboxylic acids is 1. The topological polar surface area (TPSA) is 230 Å². The first-order valence-electron chi connectivity index (χ1n) is 5.59. The fraction of sp³-hybridized carbons (Fsp3) is 0.308. The molecule has 0 radical (unpaired) electrons. The van der Waals surface area contributed by atoms with Gasteiger partial charge < -0.3 is 48.2 Å². The van der Waals surface area contributed by atoms with Crippen LogP contribution < -0.4 is 33.8 Å². The largest absolute Gasteiger partial charge is 0.550 e. The van der Waals surface area contributed by atoms with E-state index in [1.54, 1.807) is 18.2 Å². The van der Waals surface area contributed by atoms with Crippen LogP contribution in [0, 0.1) is 0 Å². The van der Waals surface area contributed by atoms with Crippen LogP contribution in [0.25, 0.3) is 0 Å². The summed E-state index contributed by atoms with van der Waals surface area (Å²) in [6, 6.07) is 8.06. The molecule has 0 aliphatic rings. The molecule has 1 aromatic rings. The molecule has 0 heterocycles. The van der Waals surface area contributed by atoms with Crippen LogP contribution in [-0.4, -0.2) is 17.9 Å². The third-order valence-electron chi connectivity index (χ3n) is 2.02. The summed E-state index contributed by atoms with van der Waals surface area (Å²) >= 11 is 0. The summed E-state index contributed by atoms with van der Waals surface area (Å²) in [5.74, 6) is -3.41. The van der Waals surface area contributed by atoms with Gasteiger partial charge >= 0.3 is 0 Å². The van der Waals surface area contributed by atoms with Crippen LogP contribution in [0.3, 0.4) is 0 Å². The van der Waals surface area contributed by atoms with Gasteiger partial charge in [-0.1, -0.05) is 30.3 Å². The van der Waals surface area contributed by atoms with Crippen molar-refractivity contribution in [3.8, 4) is 0 Å². The van der Waals surface area contributed by atoms with E-state index in [0.717, 1.165) is 0 Å². The Hall–Kier alpha value is -2.49. The maximum Gasteiger partial charge on any atom is 0.0715 e. The highest BCUT2D eigenvalue weighted by Crippen LogP contribution is 1.97. The Labute approximate surface area is 128 Å². The summed E-state index contributed by atoms with van der Waals surface area (Å²) in [6.45, 7) is 0. The van der Waals surface area contributed by atoms with Gasteiger partial charge in [0.1, 0.15) is 0 Å². The van der Waals surface area contributed by atoms with E-state index in [4.69, 9.17) is 0 Å². The molecule has 9 heteroatoms. The highest BCUT2D eigenvalue weighted by Gasteiger charge is 1.89. The number of aliphatic carboxylic acids is 2. The van der Waals surface area contributed by atoms with Crippen LogP contribution >= 0.6 is 0 Å². The second-order valence-corrected chi connectivity index (χ2v) is 3.60. The number of unbranched alkanes of at least 4 members (excludes halogenated alkanes) is 1. The van der Waals surface area contributed by atoms with Crippen molar-refractivity contribution in [2.24, 2.45) is 0 Å². The van der Waals surface area contributed by atoms with Crippen LogP contribution in [0.4, 0.5) is 0 Å². The van der Waals surface area contributed by atoms with E-state index in [2.05, 4.69) is 0 Å². The van der Waals surface area contributed by atoms with Gasteiger partial charge in [-0.2, -0.15) is 0 Å². The van der Waals surface area contributed by atoms with E-state index in [-0.39, 0.29) is 36.9 Å². The summed E-state index contributed by atoms with van der Waals surface area (Å²) in [5.41, 5.74) is 0.220. The van der Waals surface area contributed by atoms with Gasteiger partial charge in [-0.3, -0.25) is 0 Å². The highest BCUT2D eigenvalue weighted by atomic mass is 16.4. The predicted octanol–water partition coefficient (Wildman–Crippen LogP) is -0.775. The number of carboxylic acids is 3. The van der Waals surface area contributed by atoms with E-state index >= 15 is 0 Å². The summed E-state index contributed by atoms with van der Waals surface area (Å²) in [7, 11) is 0. The molecule has 0 amide bonds. The Balaban J connectivity index is -0.000000130. The fourth-order valence-corrected chi connectivity index (χ4v) is 1.11. The van der Waals surface area contributed by atoms with Crippen molar-refractivity contribution in [2.75, 3.05) is 0 Å². The molecular weight excluding hydrogens is 294 g/mol. The lowest BCUT2D eigenvalue weighted by Gasteiger charge is -2.01. The molecule has 0 bridgehead atoms. The smallest absolute Gasteiger partial charge is 0.0715 e. The van der Waals surface area contributed by atoms with Crippen molar-refractivity contribution in [3.05, 3.63) is 35.9 Å². The maximum atomic E-state index is 10.1. The molecule has 9 nitrogen and oxygen atoms in total. The first-order valence-corrected chi connectivity index (χ1v) is 5.59. The summed E-state index contributed by atoms with van der Waals surface area (Å²) in [4.78, 5) is 29.6. The third kappa shape index (κ3) is 17.5. The summed E-state index contributed by atoms with van der Waals surface area (Å²) in [6.07, 6.45) is 0.535. The van der Waals surface area contributed by atoms with Gasteiger partial charge in [-0.05, 0) is 31.2 Å². The van der Waals surface area contributed by atoms with E-state index in [0.29, 0.717) is 12.8 Å². The lowest BCUT2D eigenvalue weighted by atomic mass is 10.2. The Morgan fingerprint density at radius 2 is 1.09 bits per heavy atom. The van der Waals surface area contributed by atoms with Gasteiger partial charge in [0, 0.05) is 11.9 Å². The van der Waals surface area contributed by atoms with Crippen LogP contribution in [0.1, 0.15) is 36.0 Å². The van der Waals surface area contributed by atoms with Crippen LogP contribution in [-0.2, 0) is 9.59 Å². The lowest BCUT2D eigenvalue weighted by Crippen LogP contribution is -2.23. The number of carbonyl (C=O) groups is 3. The minimum atomic E-state index is -1.14. The third-order valence-corrected chi connectivity index (χ3v) is 2.02. The van der Waals surface area contributed by atoms with E-state index in [1.165, 1.54) is 12.1 Å². The zero-order valence-corrected chi connectivity index (χ0v) is 13.2. The van der Waals surface area contributed by atoms with Gasteiger partial charge in [0.25, 0.3) is 0 Å². The average Bonchev–Trinajstić information content (AvgIpc) is 2.36. The molecule has 0 saturated heterocycles. The second-order valence-electron chi connectivity index (χ2n) is 3.60. The molecule has 22 heavy (non-hydrogen) atoms. The molecule has 0 spiro atoms. The van der Waals surface area contributed by atoms with Crippen molar-refractivity contribution in [2.45, 2.75) is 25.7 Å². The number of hydrogen-bond donors (Lipinski definition) is 3. The molecule has 0 atom stereocenters. The molecule has 0 aliphatic carbocycles. The maximum absolute atomic E-state index is 10.1. The summed E-state index contributed by atoms with van der Waals surface area (Å²) in [5, 5.41) is 29.6. The Bertz CT molecular complexity index is 409. The number of benzene rings is 1. The van der Waals surface area contributed by atoms with E-state index < -0.39 is 17.9 Å². The van der Waals surface area contributed by atoms with Crippen molar-refractivity contribution >= 4 is 17.9 Å². The highest BCUT2D eigenvalue weighted by molar-refractivity contribution is 5.85. The fourth-order valence-electron chi connectivity index (χ4n) is 1.11. The predicted molar refractivity (Wildman–Crippen MR) is 77.2 cm³/mol. The van der Waals surface area contributed by atoms with Crippen LogP contribution in [0.5, 0.6) is 0 Å². The average molecular weight is 319 g/mol. The first-order chi connectivity index (χ1) is 8.93. The van der Waals surface area contributed by atoms with Gasteiger partial charge in [0.05, 0.1) is 5.97 Å². The molecule has 0 aromatic heterocycles. The van der Waals surface area contributed by atoms with Gasteiger partial charge in [-0.25, -0.2) is 0 Å². The molecule has 128 valence electrons. The van der Waals surface area contributed by atoms with Crippen LogP contribution in [0.2, 0.25) is 0 Å². The molecule has 0 fully saturated rings. The van der Waals surface area contributed by atoms with Gasteiger partial charge in [0.15, 0.2) is 0 Å². The number of quaternary nitrogens is 3.